The van der Waals surface area contributed by atoms with Gasteiger partial charge in [0.05, 0.1) is 0 Å². The number of hydrogen-bond acceptors (Lipinski definition) is 2. The van der Waals surface area contributed by atoms with Gasteiger partial charge in [-0.1, -0.05) is 44.9 Å². The molecule has 0 radical (unpaired) electrons. The smallest absolute Gasteiger partial charge is 0.0222 e. The first-order chi connectivity index (χ1) is 7.72. The Morgan fingerprint density at radius 2 is 2.25 bits per heavy atom. The van der Waals surface area contributed by atoms with Crippen molar-refractivity contribution in [1.82, 2.24) is 10.2 Å². The minimum absolute atomic E-state index is 0.636. The van der Waals surface area contributed by atoms with Crippen LogP contribution in [0.15, 0.2) is 11.6 Å². The molecule has 94 valence electrons. The van der Waals surface area contributed by atoms with Crippen LogP contribution in [0.4, 0.5) is 0 Å². The molecule has 0 spiro atoms. The highest BCUT2D eigenvalue weighted by Crippen LogP contribution is 2.17. The zero-order chi connectivity index (χ0) is 12.0. The van der Waals surface area contributed by atoms with Crippen LogP contribution in [0.2, 0.25) is 0 Å². The normalized spacial score (nSPS) is 29.8. The van der Waals surface area contributed by atoms with E-state index in [0.717, 1.165) is 25.6 Å². The molecule has 1 saturated heterocycles. The average molecular weight is 245 g/mol. The van der Waals surface area contributed by atoms with Crippen LogP contribution < -0.4 is 5.32 Å². The molecule has 0 saturated carbocycles. The van der Waals surface area contributed by atoms with Crippen molar-refractivity contribution >= 4 is 11.6 Å². The number of rotatable bonds is 5. The number of hydrogen-bond donors (Lipinski definition) is 1. The van der Waals surface area contributed by atoms with Crippen molar-refractivity contribution in [3.63, 3.8) is 0 Å². The lowest BCUT2D eigenvalue weighted by Gasteiger charge is -2.41. The predicted molar refractivity (Wildman–Crippen MR) is 71.9 cm³/mol. The number of halogens is 1. The summed E-state index contributed by atoms with van der Waals surface area (Å²) in [6.45, 7) is 10.1. The Bertz CT molecular complexity index is 218. The van der Waals surface area contributed by atoms with E-state index in [9.17, 15) is 0 Å². The second kappa shape index (κ2) is 7.31. The van der Waals surface area contributed by atoms with Crippen LogP contribution in [0.5, 0.6) is 0 Å². The Morgan fingerprint density at radius 1 is 1.50 bits per heavy atom. The maximum Gasteiger partial charge on any atom is 0.0222 e. The van der Waals surface area contributed by atoms with Gasteiger partial charge in [0.15, 0.2) is 0 Å². The van der Waals surface area contributed by atoms with Gasteiger partial charge in [-0.2, -0.15) is 0 Å². The van der Waals surface area contributed by atoms with E-state index in [0.29, 0.717) is 12.1 Å². The van der Waals surface area contributed by atoms with Crippen LogP contribution in [-0.4, -0.2) is 36.6 Å². The molecule has 1 aliphatic heterocycles. The molecule has 3 heteroatoms. The Hall–Kier alpha value is -0.0500. The summed E-state index contributed by atoms with van der Waals surface area (Å²) in [6, 6.07) is 1.30. The zero-order valence-corrected chi connectivity index (χ0v) is 11.5. The van der Waals surface area contributed by atoms with Crippen molar-refractivity contribution in [3.8, 4) is 0 Å². The highest BCUT2D eigenvalue weighted by Gasteiger charge is 2.28. The Kier molecular flexibility index (Phi) is 6.40. The molecule has 2 nitrogen and oxygen atoms in total. The molecule has 1 heterocycles. The molecule has 16 heavy (non-hydrogen) atoms. The Morgan fingerprint density at radius 3 is 2.81 bits per heavy atom. The highest BCUT2D eigenvalue weighted by atomic mass is 35.5. The third kappa shape index (κ3) is 3.76. The molecule has 0 aliphatic carbocycles. The second-order valence-electron chi connectivity index (χ2n) is 4.78. The van der Waals surface area contributed by atoms with Crippen molar-refractivity contribution < 1.29 is 0 Å². The SMILES string of the molecule is CCC(C)C1CN(C/C=C/Cl)C(CC)CN1. The first-order valence-corrected chi connectivity index (χ1v) is 6.89. The van der Waals surface area contributed by atoms with E-state index >= 15 is 0 Å². The molecule has 0 amide bonds. The van der Waals surface area contributed by atoms with Gasteiger partial charge in [-0.25, -0.2) is 0 Å². The van der Waals surface area contributed by atoms with E-state index in [1.807, 2.05) is 6.08 Å². The molecule has 1 N–H and O–H groups in total. The lowest BCUT2D eigenvalue weighted by atomic mass is 9.95. The minimum atomic E-state index is 0.636. The first kappa shape index (κ1) is 14.0. The molecule has 0 aromatic carbocycles. The lowest BCUT2D eigenvalue weighted by Crippen LogP contribution is -2.58. The molecule has 0 aromatic heterocycles. The van der Waals surface area contributed by atoms with E-state index in [1.165, 1.54) is 12.8 Å². The predicted octanol–water partition coefficient (Wildman–Crippen LogP) is 2.84. The van der Waals surface area contributed by atoms with Gasteiger partial charge < -0.3 is 5.32 Å². The fourth-order valence-corrected chi connectivity index (χ4v) is 2.43. The molecular formula is C13H25ClN2. The summed E-state index contributed by atoms with van der Waals surface area (Å²) < 4.78 is 0. The van der Waals surface area contributed by atoms with Crippen LogP contribution in [0.1, 0.15) is 33.6 Å². The average Bonchev–Trinajstić information content (AvgIpc) is 2.34. The fraction of sp³-hybridized carbons (Fsp3) is 0.846. The summed E-state index contributed by atoms with van der Waals surface area (Å²) in [5.74, 6) is 0.750. The van der Waals surface area contributed by atoms with Gasteiger partial charge >= 0.3 is 0 Å². The van der Waals surface area contributed by atoms with Gasteiger partial charge in [-0.3, -0.25) is 4.90 Å². The van der Waals surface area contributed by atoms with E-state index in [2.05, 4.69) is 31.0 Å². The summed E-state index contributed by atoms with van der Waals surface area (Å²) in [6.07, 6.45) is 4.49. The monoisotopic (exact) mass is 244 g/mol. The van der Waals surface area contributed by atoms with Crippen LogP contribution in [-0.2, 0) is 0 Å². The quantitative estimate of drug-likeness (QED) is 0.800. The molecule has 0 bridgehead atoms. The maximum absolute atomic E-state index is 5.62. The first-order valence-electron chi connectivity index (χ1n) is 6.45. The van der Waals surface area contributed by atoms with E-state index in [1.54, 1.807) is 5.54 Å². The van der Waals surface area contributed by atoms with Crippen molar-refractivity contribution in [2.75, 3.05) is 19.6 Å². The van der Waals surface area contributed by atoms with Crippen molar-refractivity contribution in [2.24, 2.45) is 5.92 Å². The highest BCUT2D eigenvalue weighted by molar-refractivity contribution is 6.25. The van der Waals surface area contributed by atoms with Crippen LogP contribution in [0.3, 0.4) is 0 Å². The Balaban J connectivity index is 2.54. The number of piperazine rings is 1. The third-order valence-corrected chi connectivity index (χ3v) is 3.97. The van der Waals surface area contributed by atoms with Crippen LogP contribution in [0, 0.1) is 5.92 Å². The molecule has 1 aliphatic rings. The largest absolute Gasteiger partial charge is 0.311 e. The standard InChI is InChI=1S/C13H25ClN2/c1-4-11(3)13-10-16(8-6-7-14)12(5-2)9-15-13/h6-7,11-13,15H,4-5,8-10H2,1-3H3/b7-6+. The molecule has 3 unspecified atom stereocenters. The summed E-state index contributed by atoms with van der Waals surface area (Å²) in [5, 5.41) is 3.68. The van der Waals surface area contributed by atoms with Gasteiger partial charge in [-0.05, 0) is 12.3 Å². The number of nitrogens with one attached hydrogen (secondary N) is 1. The lowest BCUT2D eigenvalue weighted by molar-refractivity contribution is 0.119. The summed E-state index contributed by atoms with van der Waals surface area (Å²) in [4.78, 5) is 2.55. The fourth-order valence-electron chi connectivity index (χ4n) is 2.35. The second-order valence-corrected chi connectivity index (χ2v) is 5.03. The number of nitrogens with zero attached hydrogens (tertiary/aromatic N) is 1. The molecule has 1 fully saturated rings. The summed E-state index contributed by atoms with van der Waals surface area (Å²) >= 11 is 5.62. The third-order valence-electron chi connectivity index (χ3n) is 3.79. The molecule has 0 aromatic rings. The zero-order valence-electron chi connectivity index (χ0n) is 10.7. The maximum atomic E-state index is 5.62. The van der Waals surface area contributed by atoms with Gasteiger partial charge in [0, 0.05) is 37.3 Å². The van der Waals surface area contributed by atoms with E-state index < -0.39 is 0 Å². The van der Waals surface area contributed by atoms with Gasteiger partial charge in [-0.15, -0.1) is 0 Å². The Labute approximate surface area is 105 Å². The van der Waals surface area contributed by atoms with Crippen molar-refractivity contribution in [1.29, 1.82) is 0 Å². The topological polar surface area (TPSA) is 15.3 Å². The summed E-state index contributed by atoms with van der Waals surface area (Å²) in [7, 11) is 0. The summed E-state index contributed by atoms with van der Waals surface area (Å²) in [5.41, 5.74) is 1.63. The molecular weight excluding hydrogens is 220 g/mol. The minimum Gasteiger partial charge on any atom is -0.311 e. The molecule has 3 atom stereocenters. The van der Waals surface area contributed by atoms with Crippen molar-refractivity contribution in [3.05, 3.63) is 11.6 Å². The van der Waals surface area contributed by atoms with Crippen LogP contribution in [0.25, 0.3) is 0 Å². The molecule has 1 rings (SSSR count). The van der Waals surface area contributed by atoms with Gasteiger partial charge in [0.25, 0.3) is 0 Å². The van der Waals surface area contributed by atoms with Crippen LogP contribution >= 0.6 is 11.6 Å². The van der Waals surface area contributed by atoms with Gasteiger partial charge in [0.1, 0.15) is 0 Å². The van der Waals surface area contributed by atoms with Gasteiger partial charge in [0.2, 0.25) is 0 Å². The van der Waals surface area contributed by atoms with Crippen molar-refractivity contribution in [2.45, 2.75) is 45.7 Å². The van der Waals surface area contributed by atoms with E-state index in [4.69, 9.17) is 11.6 Å². The van der Waals surface area contributed by atoms with E-state index in [-0.39, 0.29) is 0 Å².